The number of hydrogen-bond donors (Lipinski definition) is 2. The second-order valence-corrected chi connectivity index (χ2v) is 3.44. The van der Waals surface area contributed by atoms with Gasteiger partial charge in [-0.25, -0.2) is 0 Å². The minimum absolute atomic E-state index is 0.249. The minimum atomic E-state index is 0.249. The summed E-state index contributed by atoms with van der Waals surface area (Å²) in [5.41, 5.74) is 1.12. The van der Waals surface area contributed by atoms with Gasteiger partial charge in [0.2, 0.25) is 0 Å². The maximum atomic E-state index is 5.37. The second-order valence-electron chi connectivity index (χ2n) is 3.04. The first-order chi connectivity index (χ1) is 6.38. The summed E-state index contributed by atoms with van der Waals surface area (Å²) in [6.07, 6.45) is 1.84. The van der Waals surface area contributed by atoms with Crippen molar-refractivity contribution in [3.8, 4) is 0 Å². The van der Waals surface area contributed by atoms with Gasteiger partial charge in [-0.1, -0.05) is 18.3 Å². The molecule has 1 unspecified atom stereocenters. The predicted octanol–water partition coefficient (Wildman–Crippen LogP) is 1.41. The van der Waals surface area contributed by atoms with Crippen molar-refractivity contribution in [1.29, 1.82) is 0 Å². The van der Waals surface area contributed by atoms with E-state index >= 15 is 0 Å². The second kappa shape index (κ2) is 4.00. The molecule has 4 heteroatoms. The van der Waals surface area contributed by atoms with Gasteiger partial charge in [0.15, 0.2) is 0 Å². The van der Waals surface area contributed by atoms with Crippen LogP contribution in [0.4, 0.5) is 0 Å². The first-order valence-electron chi connectivity index (χ1n) is 4.36. The van der Waals surface area contributed by atoms with Gasteiger partial charge >= 0.3 is 0 Å². The van der Waals surface area contributed by atoms with Gasteiger partial charge in [0.25, 0.3) is 0 Å². The van der Waals surface area contributed by atoms with Crippen LogP contribution in [0.1, 0.15) is 11.6 Å². The predicted molar refractivity (Wildman–Crippen MR) is 53.2 cm³/mol. The lowest BCUT2D eigenvalue weighted by Gasteiger charge is -2.23. The fraction of sp³-hybridized carbons (Fsp3) is 0.444. The summed E-state index contributed by atoms with van der Waals surface area (Å²) < 4.78 is 6.17. The molecule has 1 atom stereocenters. The normalized spacial score (nSPS) is 22.9. The van der Waals surface area contributed by atoms with Crippen molar-refractivity contribution >= 4 is 12.2 Å². The fourth-order valence-corrected chi connectivity index (χ4v) is 1.75. The summed E-state index contributed by atoms with van der Waals surface area (Å²) in [7, 11) is 0. The largest absolute Gasteiger partial charge is 0.378 e. The zero-order valence-corrected chi connectivity index (χ0v) is 8.06. The standard InChI is InChI=1S/C9H12N2OS/c13-9-7(2-1-3-11-9)8-6-12-5-4-10-8/h1-3,8,10H,4-6H2,(H,11,13). The third-order valence-corrected chi connectivity index (χ3v) is 2.50. The number of morpholine rings is 1. The van der Waals surface area contributed by atoms with E-state index in [-0.39, 0.29) is 6.04 Å². The molecule has 0 saturated carbocycles. The Kier molecular flexibility index (Phi) is 2.73. The molecule has 1 aliphatic rings. The molecule has 70 valence electrons. The van der Waals surface area contributed by atoms with Gasteiger partial charge in [-0.3, -0.25) is 0 Å². The molecule has 1 aromatic heterocycles. The average Bonchev–Trinajstić information content (AvgIpc) is 2.20. The first-order valence-corrected chi connectivity index (χ1v) is 4.77. The van der Waals surface area contributed by atoms with Crippen LogP contribution in [0.2, 0.25) is 0 Å². The van der Waals surface area contributed by atoms with E-state index in [2.05, 4.69) is 10.3 Å². The lowest BCUT2D eigenvalue weighted by molar-refractivity contribution is 0.0766. The van der Waals surface area contributed by atoms with Crippen molar-refractivity contribution < 1.29 is 4.74 Å². The quantitative estimate of drug-likeness (QED) is 0.667. The highest BCUT2D eigenvalue weighted by Gasteiger charge is 2.15. The van der Waals surface area contributed by atoms with Crippen LogP contribution in [0.25, 0.3) is 0 Å². The topological polar surface area (TPSA) is 37.0 Å². The van der Waals surface area contributed by atoms with E-state index < -0.39 is 0 Å². The van der Waals surface area contributed by atoms with E-state index in [0.29, 0.717) is 6.61 Å². The molecule has 2 heterocycles. The van der Waals surface area contributed by atoms with Gasteiger partial charge < -0.3 is 15.0 Å². The fourth-order valence-electron chi connectivity index (χ4n) is 1.47. The number of aromatic amines is 1. The van der Waals surface area contributed by atoms with Gasteiger partial charge in [0, 0.05) is 18.3 Å². The van der Waals surface area contributed by atoms with Gasteiger partial charge in [0.05, 0.1) is 19.3 Å². The van der Waals surface area contributed by atoms with Crippen LogP contribution in [-0.2, 0) is 4.74 Å². The number of H-pyrrole nitrogens is 1. The molecule has 0 aliphatic carbocycles. The lowest BCUT2D eigenvalue weighted by Crippen LogP contribution is -2.34. The molecule has 0 spiro atoms. The molecular weight excluding hydrogens is 184 g/mol. The van der Waals surface area contributed by atoms with Gasteiger partial charge in [-0.2, -0.15) is 0 Å². The highest BCUT2D eigenvalue weighted by atomic mass is 32.1. The number of hydrogen-bond acceptors (Lipinski definition) is 3. The van der Waals surface area contributed by atoms with Crippen molar-refractivity contribution in [2.45, 2.75) is 6.04 Å². The van der Waals surface area contributed by atoms with Crippen LogP contribution >= 0.6 is 12.2 Å². The molecule has 1 aliphatic heterocycles. The van der Waals surface area contributed by atoms with Gasteiger partial charge in [0.1, 0.15) is 4.64 Å². The van der Waals surface area contributed by atoms with Gasteiger partial charge in [-0.05, 0) is 6.07 Å². The SMILES string of the molecule is S=c1[nH]cccc1C1COCCN1. The van der Waals surface area contributed by atoms with Crippen molar-refractivity contribution in [1.82, 2.24) is 10.3 Å². The Balaban J connectivity index is 2.24. The summed E-state index contributed by atoms with van der Waals surface area (Å²) in [6, 6.07) is 4.24. The Bertz CT molecular complexity index is 330. The molecule has 0 amide bonds. The van der Waals surface area contributed by atoms with E-state index in [1.54, 1.807) is 0 Å². The maximum Gasteiger partial charge on any atom is 0.108 e. The van der Waals surface area contributed by atoms with Crippen LogP contribution in [0.15, 0.2) is 18.3 Å². The number of rotatable bonds is 1. The van der Waals surface area contributed by atoms with Crippen LogP contribution in [0.3, 0.4) is 0 Å². The molecule has 0 bridgehead atoms. The molecule has 13 heavy (non-hydrogen) atoms. The Labute approximate surface area is 82.1 Å². The smallest absolute Gasteiger partial charge is 0.108 e. The molecule has 2 N–H and O–H groups in total. The maximum absolute atomic E-state index is 5.37. The molecule has 0 radical (unpaired) electrons. The highest BCUT2D eigenvalue weighted by molar-refractivity contribution is 7.71. The van der Waals surface area contributed by atoms with E-state index in [0.717, 1.165) is 23.4 Å². The Hall–Kier alpha value is -0.710. The molecule has 3 nitrogen and oxygen atoms in total. The van der Waals surface area contributed by atoms with Crippen LogP contribution in [-0.4, -0.2) is 24.7 Å². The zero-order valence-electron chi connectivity index (χ0n) is 7.25. The summed E-state index contributed by atoms with van der Waals surface area (Å²) in [5, 5.41) is 3.36. The number of pyridine rings is 1. The third kappa shape index (κ3) is 1.96. The van der Waals surface area contributed by atoms with Crippen molar-refractivity contribution in [2.75, 3.05) is 19.8 Å². The average molecular weight is 196 g/mol. The van der Waals surface area contributed by atoms with E-state index in [4.69, 9.17) is 17.0 Å². The Morgan fingerprint density at radius 2 is 2.46 bits per heavy atom. The van der Waals surface area contributed by atoms with E-state index in [9.17, 15) is 0 Å². The number of ether oxygens (including phenoxy) is 1. The first kappa shape index (κ1) is 8.87. The molecule has 1 fully saturated rings. The summed E-state index contributed by atoms with van der Waals surface area (Å²) >= 11 is 5.18. The molecule has 1 saturated heterocycles. The van der Waals surface area contributed by atoms with Crippen molar-refractivity contribution in [2.24, 2.45) is 0 Å². The molecule has 2 rings (SSSR count). The van der Waals surface area contributed by atoms with Crippen LogP contribution < -0.4 is 5.32 Å². The monoisotopic (exact) mass is 196 g/mol. The Morgan fingerprint density at radius 3 is 3.15 bits per heavy atom. The van der Waals surface area contributed by atoms with Crippen LogP contribution in [0, 0.1) is 4.64 Å². The summed E-state index contributed by atoms with van der Waals surface area (Å²) in [5.74, 6) is 0. The minimum Gasteiger partial charge on any atom is -0.378 e. The lowest BCUT2D eigenvalue weighted by atomic mass is 10.1. The zero-order chi connectivity index (χ0) is 9.10. The van der Waals surface area contributed by atoms with E-state index in [1.165, 1.54) is 0 Å². The van der Waals surface area contributed by atoms with Crippen molar-refractivity contribution in [3.63, 3.8) is 0 Å². The Morgan fingerprint density at radius 1 is 1.54 bits per heavy atom. The summed E-state index contributed by atoms with van der Waals surface area (Å²) in [6.45, 7) is 2.40. The third-order valence-electron chi connectivity index (χ3n) is 2.15. The highest BCUT2D eigenvalue weighted by Crippen LogP contribution is 2.15. The van der Waals surface area contributed by atoms with Crippen LogP contribution in [0.5, 0.6) is 0 Å². The number of nitrogens with one attached hydrogen (secondary N) is 2. The van der Waals surface area contributed by atoms with Crippen molar-refractivity contribution in [3.05, 3.63) is 28.5 Å². The molecular formula is C9H12N2OS. The van der Waals surface area contributed by atoms with Gasteiger partial charge in [-0.15, -0.1) is 0 Å². The molecule has 1 aromatic rings. The van der Waals surface area contributed by atoms with E-state index in [1.807, 2.05) is 18.3 Å². The number of aromatic nitrogens is 1. The molecule has 0 aromatic carbocycles. The summed E-state index contributed by atoms with van der Waals surface area (Å²) in [4.78, 5) is 3.02.